The van der Waals surface area contributed by atoms with Crippen molar-refractivity contribution in [1.29, 1.82) is 0 Å². The van der Waals surface area contributed by atoms with E-state index in [1.165, 1.54) is 6.07 Å². The molecule has 0 atom stereocenters. The Morgan fingerprint density at radius 1 is 1.00 bits per heavy atom. The summed E-state index contributed by atoms with van der Waals surface area (Å²) in [4.78, 5) is 12.5. The van der Waals surface area contributed by atoms with E-state index in [1.54, 1.807) is 61.5 Å². The fourth-order valence-electron chi connectivity index (χ4n) is 2.92. The molecule has 0 radical (unpaired) electrons. The van der Waals surface area contributed by atoms with Crippen LogP contribution in [0.5, 0.6) is 5.75 Å². The lowest BCUT2D eigenvalue weighted by atomic mass is 10.1. The third kappa shape index (κ3) is 6.23. The summed E-state index contributed by atoms with van der Waals surface area (Å²) in [6.45, 7) is 4.09. The van der Waals surface area contributed by atoms with Crippen LogP contribution < -0.4 is 14.8 Å². The topological polar surface area (TPSA) is 84.5 Å². The fraction of sp³-hybridized carbons (Fsp3) is 0.174. The number of ether oxygens (including phenoxy) is 1. The summed E-state index contributed by atoms with van der Waals surface area (Å²) >= 11 is 5.83. The van der Waals surface area contributed by atoms with Gasteiger partial charge in [0.15, 0.2) is 0 Å². The smallest absolute Gasteiger partial charge is 0.262 e. The molecule has 6 nitrogen and oxygen atoms in total. The zero-order valence-corrected chi connectivity index (χ0v) is 18.8. The number of carbonyl (C=O) groups is 1. The molecule has 31 heavy (non-hydrogen) atoms. The summed E-state index contributed by atoms with van der Waals surface area (Å²) in [7, 11) is -3.85. The van der Waals surface area contributed by atoms with Crippen LogP contribution in [-0.2, 0) is 10.0 Å². The van der Waals surface area contributed by atoms with Crippen LogP contribution in [0.25, 0.3) is 0 Å². The van der Waals surface area contributed by atoms with Crippen molar-refractivity contribution >= 4 is 33.2 Å². The minimum Gasteiger partial charge on any atom is -0.492 e. The number of sulfonamides is 1. The van der Waals surface area contributed by atoms with E-state index in [2.05, 4.69) is 10.0 Å². The van der Waals surface area contributed by atoms with Crippen molar-refractivity contribution in [1.82, 2.24) is 5.32 Å². The van der Waals surface area contributed by atoms with Crippen LogP contribution in [0.4, 0.5) is 5.69 Å². The zero-order valence-electron chi connectivity index (χ0n) is 17.2. The van der Waals surface area contributed by atoms with E-state index >= 15 is 0 Å². The number of halogens is 1. The van der Waals surface area contributed by atoms with Gasteiger partial charge in [0.25, 0.3) is 15.9 Å². The molecule has 0 aromatic heterocycles. The summed E-state index contributed by atoms with van der Waals surface area (Å²) in [6, 6.07) is 18.6. The first kappa shape index (κ1) is 22.7. The second kappa shape index (κ2) is 9.85. The molecule has 0 bridgehead atoms. The van der Waals surface area contributed by atoms with E-state index in [9.17, 15) is 13.2 Å². The molecule has 0 aliphatic heterocycles. The number of amides is 1. The normalized spacial score (nSPS) is 11.1. The molecule has 0 saturated heterocycles. The highest BCUT2D eigenvalue weighted by Crippen LogP contribution is 2.21. The Labute approximate surface area is 187 Å². The second-order valence-electron chi connectivity index (χ2n) is 7.01. The van der Waals surface area contributed by atoms with Crippen molar-refractivity contribution in [3.8, 4) is 5.75 Å². The van der Waals surface area contributed by atoms with Crippen LogP contribution in [0, 0.1) is 13.8 Å². The number of benzene rings is 3. The Morgan fingerprint density at radius 2 is 1.74 bits per heavy atom. The lowest BCUT2D eigenvalue weighted by Gasteiger charge is -2.13. The Kier molecular flexibility index (Phi) is 7.20. The molecule has 0 heterocycles. The van der Waals surface area contributed by atoms with E-state index in [0.29, 0.717) is 22.0 Å². The van der Waals surface area contributed by atoms with Crippen LogP contribution in [0.2, 0.25) is 5.02 Å². The maximum Gasteiger partial charge on any atom is 0.262 e. The summed E-state index contributed by atoms with van der Waals surface area (Å²) in [6.07, 6.45) is 0. The van der Waals surface area contributed by atoms with E-state index < -0.39 is 10.0 Å². The number of carbonyl (C=O) groups excluding carboxylic acids is 1. The van der Waals surface area contributed by atoms with Gasteiger partial charge in [-0.2, -0.15) is 0 Å². The maximum absolute atomic E-state index is 12.9. The van der Waals surface area contributed by atoms with Gasteiger partial charge in [0.1, 0.15) is 12.4 Å². The third-order valence-electron chi connectivity index (χ3n) is 4.48. The predicted octanol–water partition coefficient (Wildman–Crippen LogP) is 4.57. The van der Waals surface area contributed by atoms with E-state index in [0.717, 1.165) is 5.56 Å². The number of hydrogen-bond acceptors (Lipinski definition) is 4. The average molecular weight is 459 g/mol. The molecule has 0 unspecified atom stereocenters. The first-order valence-electron chi connectivity index (χ1n) is 9.61. The standard InChI is InChI=1S/C23H23ClN2O4S/c1-16-4-3-5-20(14-16)26-31(28,29)22-15-18(7-6-17(22)2)23(27)25-12-13-30-21-10-8-19(24)9-11-21/h3-11,14-15,26H,12-13H2,1-2H3,(H,25,27). The molecule has 0 fully saturated rings. The average Bonchev–Trinajstić information content (AvgIpc) is 2.72. The van der Waals surface area contributed by atoms with Crippen LogP contribution in [0.3, 0.4) is 0 Å². The minimum absolute atomic E-state index is 0.0547. The van der Waals surface area contributed by atoms with Crippen molar-refractivity contribution in [2.24, 2.45) is 0 Å². The van der Waals surface area contributed by atoms with Crippen molar-refractivity contribution in [2.45, 2.75) is 18.7 Å². The molecule has 1 amide bonds. The van der Waals surface area contributed by atoms with Crippen LogP contribution >= 0.6 is 11.6 Å². The zero-order chi connectivity index (χ0) is 22.4. The number of aryl methyl sites for hydroxylation is 2. The molecule has 8 heteroatoms. The minimum atomic E-state index is -3.85. The molecule has 3 aromatic carbocycles. The Hall–Kier alpha value is -3.03. The molecule has 3 rings (SSSR count). The number of nitrogens with one attached hydrogen (secondary N) is 2. The van der Waals surface area contributed by atoms with Gasteiger partial charge in [0.2, 0.25) is 0 Å². The van der Waals surface area contributed by atoms with E-state index in [-0.39, 0.29) is 29.5 Å². The van der Waals surface area contributed by atoms with Gasteiger partial charge in [-0.1, -0.05) is 29.8 Å². The molecular formula is C23H23ClN2O4S. The number of rotatable bonds is 8. The van der Waals surface area contributed by atoms with Crippen LogP contribution in [0.1, 0.15) is 21.5 Å². The highest BCUT2D eigenvalue weighted by molar-refractivity contribution is 7.92. The van der Waals surface area contributed by atoms with Crippen molar-refractivity contribution in [2.75, 3.05) is 17.9 Å². The van der Waals surface area contributed by atoms with Gasteiger partial charge in [-0.25, -0.2) is 8.42 Å². The van der Waals surface area contributed by atoms with Crippen molar-refractivity contribution in [3.63, 3.8) is 0 Å². The maximum atomic E-state index is 12.9. The van der Waals surface area contributed by atoms with Crippen molar-refractivity contribution < 1.29 is 17.9 Å². The fourth-order valence-corrected chi connectivity index (χ4v) is 4.36. The Balaban J connectivity index is 1.65. The summed E-state index contributed by atoms with van der Waals surface area (Å²) < 4.78 is 33.9. The highest BCUT2D eigenvalue weighted by Gasteiger charge is 2.19. The molecule has 0 aliphatic rings. The van der Waals surface area contributed by atoms with Gasteiger partial charge in [0, 0.05) is 16.3 Å². The van der Waals surface area contributed by atoms with Gasteiger partial charge in [-0.3, -0.25) is 9.52 Å². The molecular weight excluding hydrogens is 436 g/mol. The SMILES string of the molecule is Cc1cccc(NS(=O)(=O)c2cc(C(=O)NCCOc3ccc(Cl)cc3)ccc2C)c1. The monoisotopic (exact) mass is 458 g/mol. The molecule has 0 aliphatic carbocycles. The van der Waals surface area contributed by atoms with Crippen molar-refractivity contribution in [3.05, 3.63) is 88.4 Å². The lowest BCUT2D eigenvalue weighted by Crippen LogP contribution is -2.28. The summed E-state index contributed by atoms with van der Waals surface area (Å²) in [5, 5.41) is 3.34. The molecule has 162 valence electrons. The quantitative estimate of drug-likeness (QED) is 0.484. The highest BCUT2D eigenvalue weighted by atomic mass is 35.5. The van der Waals surface area contributed by atoms with Gasteiger partial charge in [-0.15, -0.1) is 0 Å². The van der Waals surface area contributed by atoms with Gasteiger partial charge >= 0.3 is 0 Å². The summed E-state index contributed by atoms with van der Waals surface area (Å²) in [5.74, 6) is 0.260. The molecule has 0 saturated carbocycles. The largest absolute Gasteiger partial charge is 0.492 e. The number of hydrogen-bond donors (Lipinski definition) is 2. The van der Waals surface area contributed by atoms with Gasteiger partial charge < -0.3 is 10.1 Å². The first-order valence-corrected chi connectivity index (χ1v) is 11.5. The lowest BCUT2D eigenvalue weighted by molar-refractivity contribution is 0.0947. The first-order chi connectivity index (χ1) is 14.7. The molecule has 0 spiro atoms. The van der Waals surface area contributed by atoms with Crippen LogP contribution in [-0.4, -0.2) is 27.5 Å². The molecule has 2 N–H and O–H groups in total. The van der Waals surface area contributed by atoms with Gasteiger partial charge in [0.05, 0.1) is 11.4 Å². The second-order valence-corrected chi connectivity index (χ2v) is 9.10. The molecule has 3 aromatic rings. The third-order valence-corrected chi connectivity index (χ3v) is 6.26. The van der Waals surface area contributed by atoms with E-state index in [4.69, 9.17) is 16.3 Å². The number of anilines is 1. The van der Waals surface area contributed by atoms with Gasteiger partial charge in [-0.05, 0) is 73.5 Å². The Bertz CT molecular complexity index is 1180. The predicted molar refractivity (Wildman–Crippen MR) is 122 cm³/mol. The Morgan fingerprint density at radius 3 is 2.45 bits per heavy atom. The summed E-state index contributed by atoms with van der Waals surface area (Å²) in [5.41, 5.74) is 2.20. The van der Waals surface area contributed by atoms with Crippen LogP contribution in [0.15, 0.2) is 71.6 Å². The van der Waals surface area contributed by atoms with E-state index in [1.807, 2.05) is 13.0 Å².